The molecule has 0 spiro atoms. The van der Waals surface area contributed by atoms with E-state index in [0.717, 1.165) is 0 Å². The van der Waals surface area contributed by atoms with Gasteiger partial charge in [-0.05, 0) is 17.2 Å². The minimum Gasteiger partial charge on any atom is -0.868 e. The molecule has 3 rings (SSSR count). The van der Waals surface area contributed by atoms with Gasteiger partial charge in [-0.1, -0.05) is 0 Å². The van der Waals surface area contributed by atoms with Crippen molar-refractivity contribution in [2.45, 2.75) is 0 Å². The Morgan fingerprint density at radius 2 is 0.297 bits per heavy atom. The summed E-state index contributed by atoms with van der Waals surface area (Å²) in [6, 6.07) is 0. The molecule has 0 aromatic heterocycles. The molecule has 0 saturated carbocycles. The molecule has 0 saturated heterocycles. The first-order valence-corrected chi connectivity index (χ1v) is 7.95. The molecule has 0 aliphatic carbocycles. The normalized spacial score (nSPS) is 10.1. The van der Waals surface area contributed by atoms with Crippen LogP contribution in [-0.2, 0) is 0 Å². The van der Waals surface area contributed by atoms with Crippen LogP contribution >= 0.6 is 0 Å². The van der Waals surface area contributed by atoms with Gasteiger partial charge in [-0.2, -0.15) is 0 Å². The molecule has 37 heavy (non-hydrogen) atoms. The van der Waals surface area contributed by atoms with E-state index in [1.54, 1.807) is 0 Å². The zero-order chi connectivity index (χ0) is 28.4. The van der Waals surface area contributed by atoms with E-state index in [4.69, 9.17) is 0 Å². The van der Waals surface area contributed by atoms with Gasteiger partial charge in [0.1, 0.15) is 0 Å². The Morgan fingerprint density at radius 1 is 0.216 bits per heavy atom. The maximum absolute atomic E-state index is 12.1. The Bertz CT molecular complexity index is 858. The summed E-state index contributed by atoms with van der Waals surface area (Å²) in [5.41, 5.74) is 0. The molecule has 200 valence electrons. The smallest absolute Gasteiger partial charge is 0.868 e. The van der Waals surface area contributed by atoms with E-state index in [2.05, 4.69) is 0 Å². The second-order valence-corrected chi connectivity index (χ2v) is 5.70. The van der Waals surface area contributed by atoms with Crippen molar-refractivity contribution in [2.24, 2.45) is 0 Å². The van der Waals surface area contributed by atoms with Gasteiger partial charge in [-0.3, -0.25) is 0 Å². The van der Waals surface area contributed by atoms with Crippen LogP contribution in [0.15, 0.2) is 0 Å². The zero-order valence-corrected chi connectivity index (χ0v) is 19.8. The van der Waals surface area contributed by atoms with Crippen LogP contribution in [0.25, 0.3) is 0 Å². The van der Waals surface area contributed by atoms with Gasteiger partial charge >= 0.3 is 26.2 Å². The second-order valence-electron chi connectivity index (χ2n) is 5.70. The minimum atomic E-state index is -2.33. The Balaban J connectivity index is 0.000000518. The zero-order valence-electron chi connectivity index (χ0n) is 16.3. The van der Waals surface area contributed by atoms with E-state index < -0.39 is 105 Å². The Labute approximate surface area is 212 Å². The molecular weight excluding hydrogens is 758 g/mol. The summed E-state index contributed by atoms with van der Waals surface area (Å²) in [7, 11) is 0. The third kappa shape index (κ3) is 6.61. The van der Waals surface area contributed by atoms with Crippen molar-refractivity contribution in [1.82, 2.24) is 0 Å². The average Bonchev–Trinajstić information content (AvgIpc) is 2.87. The number of rotatable bonds is 0. The maximum Gasteiger partial charge on any atom is 3.00 e. The fourth-order valence-electron chi connectivity index (χ4n) is 1.75. The molecule has 0 amide bonds. The average molecular weight is 758 g/mol. The number of hydrogen-bond donors (Lipinski definition) is 0. The van der Waals surface area contributed by atoms with Gasteiger partial charge < -0.3 is 15.3 Å². The van der Waals surface area contributed by atoms with E-state index in [-0.39, 0.29) is 26.2 Å². The molecule has 19 heteroatoms. The molecule has 0 heterocycles. The number of hydrogen-bond acceptors (Lipinski definition) is 3. The maximum atomic E-state index is 12.1. The summed E-state index contributed by atoms with van der Waals surface area (Å²) in [5, 5.41) is 30.5. The standard InChI is InChI=1S/3C6HF5O.Bi/c3*7-1-2(8)4(10)6(12)5(11)3(1)9;/h3*12H;/q;;;+3/p-3. The van der Waals surface area contributed by atoms with Crippen molar-refractivity contribution in [3.05, 3.63) is 87.3 Å². The third-order valence-corrected chi connectivity index (χ3v) is 3.51. The van der Waals surface area contributed by atoms with Crippen molar-refractivity contribution in [1.29, 1.82) is 0 Å². The Kier molecular flexibility index (Phi) is 11.8. The van der Waals surface area contributed by atoms with Crippen molar-refractivity contribution < 1.29 is 81.2 Å². The molecule has 3 nitrogen and oxygen atoms in total. The van der Waals surface area contributed by atoms with Crippen LogP contribution in [0.4, 0.5) is 65.9 Å². The van der Waals surface area contributed by atoms with E-state index in [0.29, 0.717) is 0 Å². The molecular formula is C18BiF15O3. The monoisotopic (exact) mass is 758 g/mol. The number of halogens is 15. The fourth-order valence-corrected chi connectivity index (χ4v) is 1.75. The molecule has 3 aromatic rings. The minimum absolute atomic E-state index is 0. The summed E-state index contributed by atoms with van der Waals surface area (Å²) in [5.74, 6) is -40.7. The van der Waals surface area contributed by atoms with Gasteiger partial charge in [0.05, 0.1) is 0 Å². The van der Waals surface area contributed by atoms with Gasteiger partial charge in [0.2, 0.25) is 0 Å². The summed E-state index contributed by atoms with van der Waals surface area (Å²) >= 11 is 0. The first kappa shape index (κ1) is 33.9. The van der Waals surface area contributed by atoms with E-state index >= 15 is 0 Å². The first-order chi connectivity index (χ1) is 16.4. The van der Waals surface area contributed by atoms with Gasteiger partial charge in [0.15, 0.2) is 87.3 Å². The first-order valence-electron chi connectivity index (χ1n) is 7.95. The number of benzene rings is 3. The second kappa shape index (κ2) is 12.9. The van der Waals surface area contributed by atoms with E-state index in [1.807, 2.05) is 0 Å². The largest absolute Gasteiger partial charge is 3.00 e. The van der Waals surface area contributed by atoms with Crippen LogP contribution in [0.2, 0.25) is 0 Å². The van der Waals surface area contributed by atoms with Crippen molar-refractivity contribution >= 4 is 26.2 Å². The third-order valence-electron chi connectivity index (χ3n) is 3.51. The molecule has 2 radical (unpaired) electrons. The molecule has 0 unspecified atom stereocenters. The van der Waals surface area contributed by atoms with Crippen LogP contribution in [0.5, 0.6) is 17.2 Å². The SMILES string of the molecule is [Bi+3].[O-]c1c(F)c(F)c(F)c(F)c1F.[O-]c1c(F)c(F)c(F)c(F)c1F.[O-]c1c(F)c(F)c(F)c(F)c1F. The Hall–Kier alpha value is -3.11. The molecule has 0 fully saturated rings. The summed E-state index contributed by atoms with van der Waals surface area (Å²) < 4.78 is 181. The van der Waals surface area contributed by atoms with Crippen LogP contribution in [0, 0.1) is 87.3 Å². The van der Waals surface area contributed by atoms with Crippen LogP contribution in [-0.4, -0.2) is 26.2 Å². The summed E-state index contributed by atoms with van der Waals surface area (Å²) in [6.07, 6.45) is 0. The fraction of sp³-hybridized carbons (Fsp3) is 0. The van der Waals surface area contributed by atoms with Gasteiger partial charge in [0.25, 0.3) is 0 Å². The van der Waals surface area contributed by atoms with Crippen molar-refractivity contribution in [3.8, 4) is 17.2 Å². The quantitative estimate of drug-likeness (QED) is 0.151. The molecule has 0 bridgehead atoms. The predicted octanol–water partition coefficient (Wildman–Crippen LogP) is 3.99. The summed E-state index contributed by atoms with van der Waals surface area (Å²) in [4.78, 5) is 0. The molecule has 0 aliphatic rings. The van der Waals surface area contributed by atoms with Gasteiger partial charge in [-0.25, -0.2) is 65.9 Å². The summed E-state index contributed by atoms with van der Waals surface area (Å²) in [6.45, 7) is 0. The molecule has 3 aromatic carbocycles. The van der Waals surface area contributed by atoms with Gasteiger partial charge in [-0.15, -0.1) is 0 Å². The van der Waals surface area contributed by atoms with Gasteiger partial charge in [0, 0.05) is 0 Å². The van der Waals surface area contributed by atoms with Crippen molar-refractivity contribution in [3.63, 3.8) is 0 Å². The van der Waals surface area contributed by atoms with Crippen molar-refractivity contribution in [2.75, 3.05) is 0 Å². The van der Waals surface area contributed by atoms with Crippen LogP contribution in [0.1, 0.15) is 0 Å². The van der Waals surface area contributed by atoms with Crippen LogP contribution < -0.4 is 15.3 Å². The van der Waals surface area contributed by atoms with E-state index in [9.17, 15) is 81.2 Å². The van der Waals surface area contributed by atoms with E-state index in [1.165, 1.54) is 0 Å². The Morgan fingerprint density at radius 3 is 0.405 bits per heavy atom. The van der Waals surface area contributed by atoms with Crippen LogP contribution in [0.3, 0.4) is 0 Å². The molecule has 0 N–H and O–H groups in total. The topological polar surface area (TPSA) is 69.2 Å². The predicted molar refractivity (Wildman–Crippen MR) is 82.8 cm³/mol. The molecule has 0 aliphatic heterocycles. The molecule has 0 atom stereocenters.